The lowest BCUT2D eigenvalue weighted by Gasteiger charge is -2.42. The largest absolute Gasteiger partial charge is 0.467 e. The van der Waals surface area contributed by atoms with Gasteiger partial charge in [-0.2, -0.15) is 0 Å². The molecule has 1 fully saturated rings. The summed E-state index contributed by atoms with van der Waals surface area (Å²) in [5.74, 6) is -0.967. The summed E-state index contributed by atoms with van der Waals surface area (Å²) in [5, 5.41) is 35.6. The van der Waals surface area contributed by atoms with Gasteiger partial charge in [-0.1, -0.05) is 5.11 Å². The number of aliphatic hydroxyl groups is 3. The number of ether oxygens (including phenoxy) is 3. The Labute approximate surface area is 149 Å². The standard InChI is InChI=1S/C14H24N4O8/c1-14(2,3)26-13(23)17-7(12(22)24-4)11-10(21)9(20)8(19)6(25-11)5-16-18-15/h6-11,19-21H,5H2,1-4H3,(H,17,23)/t6?,7?,8-,9-,10?,11+/m0/s1. The fourth-order valence-corrected chi connectivity index (χ4v) is 2.36. The Morgan fingerprint density at radius 2 is 1.88 bits per heavy atom. The van der Waals surface area contributed by atoms with Gasteiger partial charge >= 0.3 is 12.1 Å². The van der Waals surface area contributed by atoms with E-state index in [0.29, 0.717) is 0 Å². The number of nitrogens with one attached hydrogen (secondary N) is 1. The van der Waals surface area contributed by atoms with Gasteiger partial charge in [-0.05, 0) is 26.3 Å². The number of amides is 1. The van der Waals surface area contributed by atoms with E-state index >= 15 is 0 Å². The molecule has 1 rings (SSSR count). The molecule has 0 saturated carbocycles. The lowest BCUT2D eigenvalue weighted by molar-refractivity contribution is -0.227. The fraction of sp³-hybridized carbons (Fsp3) is 0.857. The summed E-state index contributed by atoms with van der Waals surface area (Å²) in [4.78, 5) is 26.6. The Kier molecular flexibility index (Phi) is 7.60. The first-order chi connectivity index (χ1) is 12.0. The van der Waals surface area contributed by atoms with Crippen molar-refractivity contribution >= 4 is 12.1 Å². The molecule has 6 atom stereocenters. The molecule has 3 unspecified atom stereocenters. The second-order valence-corrected chi connectivity index (χ2v) is 6.67. The first-order valence-corrected chi connectivity index (χ1v) is 7.79. The van der Waals surface area contributed by atoms with Crippen molar-refractivity contribution in [1.29, 1.82) is 0 Å². The molecule has 12 heteroatoms. The zero-order chi connectivity index (χ0) is 20.1. The van der Waals surface area contributed by atoms with Gasteiger partial charge in [0.15, 0.2) is 6.04 Å². The number of carbonyl (C=O) groups excluding carboxylic acids is 2. The van der Waals surface area contributed by atoms with Crippen LogP contribution in [0.15, 0.2) is 5.11 Å². The average Bonchev–Trinajstić information content (AvgIpc) is 2.55. The van der Waals surface area contributed by atoms with E-state index in [4.69, 9.17) is 15.0 Å². The van der Waals surface area contributed by atoms with Crippen LogP contribution in [0.2, 0.25) is 0 Å². The van der Waals surface area contributed by atoms with E-state index in [1.165, 1.54) is 0 Å². The van der Waals surface area contributed by atoms with E-state index in [2.05, 4.69) is 20.1 Å². The summed E-state index contributed by atoms with van der Waals surface area (Å²) in [7, 11) is 1.06. The summed E-state index contributed by atoms with van der Waals surface area (Å²) >= 11 is 0. The Balaban J connectivity index is 3.04. The van der Waals surface area contributed by atoms with Gasteiger partial charge in [0.05, 0.1) is 19.8 Å². The minimum Gasteiger partial charge on any atom is -0.467 e. The van der Waals surface area contributed by atoms with E-state index in [-0.39, 0.29) is 6.54 Å². The maximum atomic E-state index is 12.1. The smallest absolute Gasteiger partial charge is 0.408 e. The number of esters is 1. The highest BCUT2D eigenvalue weighted by molar-refractivity contribution is 5.82. The van der Waals surface area contributed by atoms with Crippen LogP contribution in [-0.4, -0.2) is 83.2 Å². The number of methoxy groups -OCH3 is 1. The first-order valence-electron chi connectivity index (χ1n) is 7.79. The Bertz CT molecular complexity index is 560. The number of hydrogen-bond acceptors (Lipinski definition) is 9. The molecule has 1 aliphatic rings. The van der Waals surface area contributed by atoms with Crippen molar-refractivity contribution in [2.24, 2.45) is 5.11 Å². The van der Waals surface area contributed by atoms with Crippen LogP contribution < -0.4 is 5.32 Å². The topological polar surface area (TPSA) is 183 Å². The van der Waals surface area contributed by atoms with E-state index < -0.39 is 54.2 Å². The molecular formula is C14H24N4O8. The Morgan fingerprint density at radius 1 is 1.27 bits per heavy atom. The van der Waals surface area contributed by atoms with Gasteiger partial charge in [-0.25, -0.2) is 9.59 Å². The fourth-order valence-electron chi connectivity index (χ4n) is 2.36. The number of rotatable bonds is 5. The number of nitrogens with zero attached hydrogens (tertiary/aromatic N) is 3. The third-order valence-electron chi connectivity index (χ3n) is 3.53. The van der Waals surface area contributed by atoms with E-state index in [1.54, 1.807) is 20.8 Å². The van der Waals surface area contributed by atoms with Crippen LogP contribution in [0.4, 0.5) is 4.79 Å². The molecule has 1 heterocycles. The van der Waals surface area contributed by atoms with Crippen LogP contribution in [0.3, 0.4) is 0 Å². The van der Waals surface area contributed by atoms with E-state index in [0.717, 1.165) is 7.11 Å². The van der Waals surface area contributed by atoms with E-state index in [9.17, 15) is 24.9 Å². The summed E-state index contributed by atoms with van der Waals surface area (Å²) in [6.45, 7) is 4.48. The molecule has 0 radical (unpaired) electrons. The third kappa shape index (κ3) is 5.71. The second kappa shape index (κ2) is 9.01. The van der Waals surface area contributed by atoms with Crippen LogP contribution in [0.1, 0.15) is 20.8 Å². The van der Waals surface area contributed by atoms with Crippen molar-refractivity contribution in [3.8, 4) is 0 Å². The SMILES string of the molecule is COC(=O)C(NC(=O)OC(C)(C)C)[C@H]1OC(CN=[N+]=[N-])[C@H](O)[C@H](O)C1O. The van der Waals surface area contributed by atoms with Crippen LogP contribution in [-0.2, 0) is 19.0 Å². The highest BCUT2D eigenvalue weighted by atomic mass is 16.6. The summed E-state index contributed by atoms with van der Waals surface area (Å²) < 4.78 is 15.1. The predicted octanol–water partition coefficient (Wildman–Crippen LogP) is -0.787. The highest BCUT2D eigenvalue weighted by Gasteiger charge is 2.49. The van der Waals surface area contributed by atoms with Gasteiger partial charge in [-0.3, -0.25) is 0 Å². The second-order valence-electron chi connectivity index (χ2n) is 6.67. The number of carbonyl (C=O) groups is 2. The summed E-state index contributed by atoms with van der Waals surface area (Å²) in [6.07, 6.45) is -8.66. The molecule has 12 nitrogen and oxygen atoms in total. The molecule has 1 aliphatic heterocycles. The van der Waals surface area contributed by atoms with Gasteiger partial charge in [0.25, 0.3) is 0 Å². The zero-order valence-electron chi connectivity index (χ0n) is 14.9. The molecule has 0 aromatic heterocycles. The number of hydrogen-bond donors (Lipinski definition) is 4. The van der Waals surface area contributed by atoms with Crippen molar-refractivity contribution in [2.75, 3.05) is 13.7 Å². The monoisotopic (exact) mass is 376 g/mol. The van der Waals surface area contributed by atoms with Crippen LogP contribution in [0, 0.1) is 0 Å². The molecule has 148 valence electrons. The molecular weight excluding hydrogens is 352 g/mol. The van der Waals surface area contributed by atoms with Crippen molar-refractivity contribution in [1.82, 2.24) is 5.32 Å². The molecule has 1 amide bonds. The number of azide groups is 1. The summed E-state index contributed by atoms with van der Waals surface area (Å²) in [6, 6.07) is -1.54. The average molecular weight is 376 g/mol. The van der Waals surface area contributed by atoms with Gasteiger partial charge in [0.1, 0.15) is 30.0 Å². The maximum absolute atomic E-state index is 12.1. The predicted molar refractivity (Wildman–Crippen MR) is 85.9 cm³/mol. The van der Waals surface area contributed by atoms with Crippen LogP contribution >= 0.6 is 0 Å². The van der Waals surface area contributed by atoms with Gasteiger partial charge in [-0.15, -0.1) is 0 Å². The van der Waals surface area contributed by atoms with Gasteiger partial charge in [0, 0.05) is 4.91 Å². The first kappa shape index (κ1) is 21.9. The normalized spacial score (nSPS) is 29.9. The number of alkyl carbamates (subject to hydrolysis) is 1. The van der Waals surface area contributed by atoms with Crippen molar-refractivity contribution in [3.05, 3.63) is 10.4 Å². The lowest BCUT2D eigenvalue weighted by atomic mass is 9.91. The number of aliphatic hydroxyl groups excluding tert-OH is 3. The van der Waals surface area contributed by atoms with Crippen LogP contribution in [0.5, 0.6) is 0 Å². The zero-order valence-corrected chi connectivity index (χ0v) is 14.9. The van der Waals surface area contributed by atoms with Crippen molar-refractivity contribution in [3.63, 3.8) is 0 Å². The third-order valence-corrected chi connectivity index (χ3v) is 3.53. The van der Waals surface area contributed by atoms with Crippen molar-refractivity contribution < 1.29 is 39.1 Å². The van der Waals surface area contributed by atoms with Crippen molar-refractivity contribution in [2.45, 2.75) is 62.9 Å². The van der Waals surface area contributed by atoms with Gasteiger partial charge in [0.2, 0.25) is 0 Å². The maximum Gasteiger partial charge on any atom is 0.408 e. The minimum atomic E-state index is -1.73. The molecule has 0 aromatic carbocycles. The van der Waals surface area contributed by atoms with Gasteiger partial charge < -0.3 is 34.8 Å². The van der Waals surface area contributed by atoms with E-state index in [1.807, 2.05) is 0 Å². The molecule has 26 heavy (non-hydrogen) atoms. The quantitative estimate of drug-likeness (QED) is 0.208. The summed E-state index contributed by atoms with van der Waals surface area (Å²) in [5.41, 5.74) is 7.54. The molecule has 0 aromatic rings. The molecule has 0 spiro atoms. The molecule has 0 aliphatic carbocycles. The molecule has 1 saturated heterocycles. The minimum absolute atomic E-state index is 0.363. The Hall–Kier alpha value is -2.11. The molecule has 4 N–H and O–H groups in total. The highest BCUT2D eigenvalue weighted by Crippen LogP contribution is 2.24. The van der Waals surface area contributed by atoms with Crippen LogP contribution in [0.25, 0.3) is 10.4 Å². The molecule has 0 bridgehead atoms. The lowest BCUT2D eigenvalue weighted by Crippen LogP contribution is -2.65. The Morgan fingerprint density at radius 3 is 2.38 bits per heavy atom.